The number of aliphatic hydroxyl groups excluding tert-OH is 2. The molecule has 0 bridgehead atoms. The first kappa shape index (κ1) is 13.8. The molecule has 0 aliphatic carbocycles. The van der Waals surface area contributed by atoms with Crippen molar-refractivity contribution < 1.29 is 23.4 Å². The summed E-state index contributed by atoms with van der Waals surface area (Å²) < 4.78 is 37.4. The first-order valence-corrected chi connectivity index (χ1v) is 4.79. The van der Waals surface area contributed by atoms with E-state index in [0.717, 1.165) is 12.1 Å². The fourth-order valence-electron chi connectivity index (χ4n) is 1.36. The van der Waals surface area contributed by atoms with Gasteiger partial charge in [-0.2, -0.15) is 13.2 Å². The average molecular weight is 250 g/mol. The van der Waals surface area contributed by atoms with Crippen molar-refractivity contribution in [3.05, 3.63) is 29.3 Å². The van der Waals surface area contributed by atoms with E-state index in [1.807, 2.05) is 0 Å². The van der Waals surface area contributed by atoms with Crippen molar-refractivity contribution in [1.82, 2.24) is 0 Å². The van der Waals surface area contributed by atoms with Crippen LogP contribution in [-0.2, 0) is 6.18 Å². The molecule has 1 aromatic rings. The summed E-state index contributed by atoms with van der Waals surface area (Å²) in [6.45, 7) is -0.267. The molecule has 2 atom stereocenters. The van der Waals surface area contributed by atoms with Crippen molar-refractivity contribution in [2.24, 2.45) is 5.73 Å². The van der Waals surface area contributed by atoms with Gasteiger partial charge in [-0.15, -0.1) is 0 Å². The molecule has 2 unspecified atom stereocenters. The van der Waals surface area contributed by atoms with Crippen molar-refractivity contribution in [3.63, 3.8) is 0 Å². The minimum Gasteiger partial charge on any atom is -0.399 e. The Bertz CT molecular complexity index is 396. The molecule has 17 heavy (non-hydrogen) atoms. The van der Waals surface area contributed by atoms with Crippen molar-refractivity contribution in [3.8, 4) is 0 Å². The molecule has 1 aromatic carbocycles. The molecule has 7 heteroatoms. The molecule has 1 rings (SSSR count). The third kappa shape index (κ3) is 3.32. The van der Waals surface area contributed by atoms with E-state index in [1.54, 1.807) is 0 Å². The Morgan fingerprint density at radius 3 is 2.24 bits per heavy atom. The molecule has 0 fully saturated rings. The third-order valence-corrected chi connectivity index (χ3v) is 2.25. The lowest BCUT2D eigenvalue weighted by atomic mass is 10.0. The van der Waals surface area contributed by atoms with E-state index in [9.17, 15) is 23.4 Å². The van der Waals surface area contributed by atoms with Crippen LogP contribution >= 0.6 is 0 Å². The molecule has 96 valence electrons. The van der Waals surface area contributed by atoms with Crippen molar-refractivity contribution in [1.29, 1.82) is 0 Å². The maximum atomic E-state index is 12.5. The third-order valence-electron chi connectivity index (χ3n) is 2.25. The normalized spacial score (nSPS) is 15.6. The van der Waals surface area contributed by atoms with Crippen LogP contribution < -0.4 is 11.5 Å². The van der Waals surface area contributed by atoms with E-state index >= 15 is 0 Å². The van der Waals surface area contributed by atoms with E-state index in [2.05, 4.69) is 0 Å². The lowest BCUT2D eigenvalue weighted by molar-refractivity contribution is -0.137. The van der Waals surface area contributed by atoms with E-state index < -0.39 is 23.9 Å². The number of hydrogen-bond donors (Lipinski definition) is 4. The van der Waals surface area contributed by atoms with Crippen LogP contribution in [0.25, 0.3) is 0 Å². The topological polar surface area (TPSA) is 92.5 Å². The van der Waals surface area contributed by atoms with Crippen molar-refractivity contribution in [2.75, 3.05) is 12.3 Å². The zero-order valence-corrected chi connectivity index (χ0v) is 8.78. The second-order valence-corrected chi connectivity index (χ2v) is 3.63. The molecule has 0 heterocycles. The first-order chi connectivity index (χ1) is 7.75. The lowest BCUT2D eigenvalue weighted by Gasteiger charge is -2.18. The fraction of sp³-hybridized carbons (Fsp3) is 0.400. The van der Waals surface area contributed by atoms with Crippen molar-refractivity contribution >= 4 is 5.69 Å². The number of benzene rings is 1. The molecular weight excluding hydrogens is 237 g/mol. The molecule has 0 radical (unpaired) electrons. The van der Waals surface area contributed by atoms with Gasteiger partial charge in [0.15, 0.2) is 0 Å². The van der Waals surface area contributed by atoms with Crippen LogP contribution in [0.1, 0.15) is 17.2 Å². The number of hydrogen-bond acceptors (Lipinski definition) is 4. The molecule has 0 aliphatic heterocycles. The molecule has 0 aromatic heterocycles. The summed E-state index contributed by atoms with van der Waals surface area (Å²) in [5.74, 6) is 0. The van der Waals surface area contributed by atoms with E-state index in [4.69, 9.17) is 11.5 Å². The van der Waals surface area contributed by atoms with E-state index in [1.165, 1.54) is 6.07 Å². The Labute approximate surface area is 95.7 Å². The maximum absolute atomic E-state index is 12.5. The van der Waals surface area contributed by atoms with Gasteiger partial charge in [-0.05, 0) is 23.8 Å². The Balaban J connectivity index is 3.14. The minimum absolute atomic E-state index is 0.115. The van der Waals surface area contributed by atoms with Gasteiger partial charge in [0, 0.05) is 12.2 Å². The van der Waals surface area contributed by atoms with Gasteiger partial charge in [-0.3, -0.25) is 0 Å². The molecular formula is C10H13F3N2O2. The molecule has 0 spiro atoms. The van der Waals surface area contributed by atoms with Gasteiger partial charge in [0.05, 0.1) is 11.7 Å². The van der Waals surface area contributed by atoms with Crippen LogP contribution in [0.4, 0.5) is 18.9 Å². The Hall–Kier alpha value is -1.31. The second kappa shape index (κ2) is 4.91. The quantitative estimate of drug-likeness (QED) is 0.592. The Morgan fingerprint density at radius 1 is 1.18 bits per heavy atom. The highest BCUT2D eigenvalue weighted by Crippen LogP contribution is 2.33. The van der Waals surface area contributed by atoms with Crippen molar-refractivity contribution in [2.45, 2.75) is 18.4 Å². The second-order valence-electron chi connectivity index (χ2n) is 3.63. The van der Waals surface area contributed by atoms with Gasteiger partial charge >= 0.3 is 6.18 Å². The fourth-order valence-corrected chi connectivity index (χ4v) is 1.36. The zero-order valence-electron chi connectivity index (χ0n) is 8.78. The monoisotopic (exact) mass is 250 g/mol. The summed E-state index contributed by atoms with van der Waals surface area (Å²) in [4.78, 5) is 0. The van der Waals surface area contributed by atoms with Crippen LogP contribution in [0.2, 0.25) is 0 Å². The summed E-state index contributed by atoms with van der Waals surface area (Å²) in [5.41, 5.74) is 9.19. The van der Waals surface area contributed by atoms with Gasteiger partial charge in [0.2, 0.25) is 0 Å². The minimum atomic E-state index is -4.56. The van der Waals surface area contributed by atoms with Crippen LogP contribution in [0.3, 0.4) is 0 Å². The van der Waals surface area contributed by atoms with Gasteiger partial charge in [0.25, 0.3) is 0 Å². The zero-order chi connectivity index (χ0) is 13.2. The van der Waals surface area contributed by atoms with E-state index in [-0.39, 0.29) is 17.8 Å². The molecule has 0 amide bonds. The SMILES string of the molecule is NCC(O)C(O)c1cc(N)cc(C(F)(F)F)c1. The number of aliphatic hydroxyl groups is 2. The highest BCUT2D eigenvalue weighted by Gasteiger charge is 2.32. The Morgan fingerprint density at radius 2 is 1.76 bits per heavy atom. The van der Waals surface area contributed by atoms with Crippen LogP contribution in [0.5, 0.6) is 0 Å². The predicted molar refractivity (Wildman–Crippen MR) is 55.9 cm³/mol. The molecule has 0 saturated carbocycles. The number of rotatable bonds is 3. The van der Waals surface area contributed by atoms with Crippen LogP contribution in [0.15, 0.2) is 18.2 Å². The lowest BCUT2D eigenvalue weighted by Crippen LogP contribution is -2.27. The van der Waals surface area contributed by atoms with Crippen LogP contribution in [-0.4, -0.2) is 22.9 Å². The number of nitrogens with two attached hydrogens (primary N) is 2. The van der Waals surface area contributed by atoms with E-state index in [0.29, 0.717) is 0 Å². The van der Waals surface area contributed by atoms with Gasteiger partial charge in [0.1, 0.15) is 6.10 Å². The summed E-state index contributed by atoms with van der Waals surface area (Å²) in [5, 5.41) is 18.8. The first-order valence-electron chi connectivity index (χ1n) is 4.79. The highest BCUT2D eigenvalue weighted by molar-refractivity contribution is 5.46. The standard InChI is InChI=1S/C10H13F3N2O2/c11-10(12,13)6-1-5(2-7(15)3-6)9(17)8(16)4-14/h1-3,8-9,16-17H,4,14-15H2. The van der Waals surface area contributed by atoms with Gasteiger partial charge in [-0.25, -0.2) is 0 Å². The largest absolute Gasteiger partial charge is 0.416 e. The summed E-state index contributed by atoms with van der Waals surface area (Å²) in [6, 6.07) is 2.66. The molecule has 4 nitrogen and oxygen atoms in total. The highest BCUT2D eigenvalue weighted by atomic mass is 19.4. The Kier molecular flexibility index (Phi) is 3.97. The van der Waals surface area contributed by atoms with Crippen LogP contribution in [0, 0.1) is 0 Å². The average Bonchev–Trinajstić information content (AvgIpc) is 2.25. The number of alkyl halides is 3. The number of nitrogen functional groups attached to an aromatic ring is 1. The molecule has 0 saturated heterocycles. The summed E-state index contributed by atoms with van der Waals surface area (Å²) in [7, 11) is 0. The summed E-state index contributed by atoms with van der Waals surface area (Å²) in [6.07, 6.45) is -7.39. The predicted octanol–water partition coefficient (Wildman–Crippen LogP) is 0.641. The molecule has 0 aliphatic rings. The number of halogens is 3. The molecule has 6 N–H and O–H groups in total. The maximum Gasteiger partial charge on any atom is 0.416 e. The van der Waals surface area contributed by atoms with Gasteiger partial charge < -0.3 is 21.7 Å². The number of anilines is 1. The summed E-state index contributed by atoms with van der Waals surface area (Å²) >= 11 is 0. The smallest absolute Gasteiger partial charge is 0.399 e. The van der Waals surface area contributed by atoms with Gasteiger partial charge in [-0.1, -0.05) is 0 Å².